The zero-order valence-corrected chi connectivity index (χ0v) is 15.9. The highest BCUT2D eigenvalue weighted by Gasteiger charge is 2.43. The van der Waals surface area contributed by atoms with Crippen LogP contribution in [0.15, 0.2) is 54.7 Å². The highest BCUT2D eigenvalue weighted by atomic mass is 19.4. The summed E-state index contributed by atoms with van der Waals surface area (Å²) >= 11 is 0. The van der Waals surface area contributed by atoms with Crippen LogP contribution in [0, 0.1) is 6.92 Å². The second kappa shape index (κ2) is 6.45. The third kappa shape index (κ3) is 2.69. The number of anilines is 1. The zero-order chi connectivity index (χ0) is 21.0. The van der Waals surface area contributed by atoms with E-state index in [4.69, 9.17) is 0 Å². The van der Waals surface area contributed by atoms with Gasteiger partial charge in [0, 0.05) is 13.1 Å². The van der Waals surface area contributed by atoms with E-state index in [9.17, 15) is 18.0 Å². The summed E-state index contributed by atoms with van der Waals surface area (Å²) < 4.78 is 44.7. The van der Waals surface area contributed by atoms with Gasteiger partial charge in [0.2, 0.25) is 5.95 Å². The summed E-state index contributed by atoms with van der Waals surface area (Å²) in [7, 11) is 0. The molecule has 0 radical (unpaired) electrons. The van der Waals surface area contributed by atoms with Crippen LogP contribution in [0.2, 0.25) is 0 Å². The Morgan fingerprint density at radius 1 is 1.03 bits per heavy atom. The Morgan fingerprint density at radius 3 is 2.53 bits per heavy atom. The third-order valence-electron chi connectivity index (χ3n) is 5.28. The fourth-order valence-electron chi connectivity index (χ4n) is 3.89. The van der Waals surface area contributed by atoms with Crippen LogP contribution >= 0.6 is 0 Å². The number of carbonyl (C=O) groups is 1. The van der Waals surface area contributed by atoms with Crippen molar-refractivity contribution >= 4 is 22.9 Å². The van der Waals surface area contributed by atoms with Crippen molar-refractivity contribution in [3.63, 3.8) is 0 Å². The Hall–Kier alpha value is -3.62. The average Bonchev–Trinajstić information content (AvgIpc) is 3.40. The Bertz CT molecular complexity index is 1290. The molecule has 0 unspecified atom stereocenters. The van der Waals surface area contributed by atoms with Gasteiger partial charge in [-0.05, 0) is 30.7 Å². The van der Waals surface area contributed by atoms with Crippen LogP contribution < -0.4 is 4.90 Å². The minimum atomic E-state index is -4.76. The number of aryl methyl sites for hydroxylation is 1. The van der Waals surface area contributed by atoms with Gasteiger partial charge in [-0.1, -0.05) is 30.3 Å². The summed E-state index contributed by atoms with van der Waals surface area (Å²) in [5, 5.41) is 3.93. The summed E-state index contributed by atoms with van der Waals surface area (Å²) in [6.45, 7) is 2.41. The van der Waals surface area contributed by atoms with E-state index < -0.39 is 23.3 Å². The molecule has 0 aliphatic carbocycles. The van der Waals surface area contributed by atoms with Gasteiger partial charge in [-0.3, -0.25) is 9.69 Å². The standard InChI is InChI=1S/C21H16F3N5O/c1-13-6-2-4-8-16(13)29-18(21(22,23)24)14(12-25-29)19(30)28-11-10-27-17-9-5-3-7-15(17)26-20(27)28/h2-9,12H,10-11H2,1H3. The van der Waals surface area contributed by atoms with E-state index in [2.05, 4.69) is 10.1 Å². The molecular formula is C21H16F3N5O. The monoisotopic (exact) mass is 411 g/mol. The van der Waals surface area contributed by atoms with Crippen molar-refractivity contribution in [3.05, 3.63) is 71.5 Å². The lowest BCUT2D eigenvalue weighted by molar-refractivity contribution is -0.143. The SMILES string of the molecule is Cc1ccccc1-n1ncc(C(=O)N2CCn3c2nc2ccccc23)c1C(F)(F)F. The maximum atomic E-state index is 14.0. The number of rotatable bonds is 2. The molecule has 6 nitrogen and oxygen atoms in total. The van der Waals surface area contributed by atoms with Gasteiger partial charge in [0.15, 0.2) is 5.69 Å². The number of amides is 1. The van der Waals surface area contributed by atoms with Crippen molar-refractivity contribution in [3.8, 4) is 5.69 Å². The van der Waals surface area contributed by atoms with Crippen LogP contribution in [-0.2, 0) is 12.7 Å². The molecule has 3 heterocycles. The maximum absolute atomic E-state index is 14.0. The van der Waals surface area contributed by atoms with Crippen LogP contribution in [0.25, 0.3) is 16.7 Å². The highest BCUT2D eigenvalue weighted by molar-refractivity contribution is 6.07. The molecule has 1 amide bonds. The smallest absolute Gasteiger partial charge is 0.308 e. The number of aromatic nitrogens is 4. The number of halogens is 3. The third-order valence-corrected chi connectivity index (χ3v) is 5.28. The van der Waals surface area contributed by atoms with Crippen LogP contribution in [0.4, 0.5) is 19.1 Å². The fraction of sp³-hybridized carbons (Fsp3) is 0.190. The first-order valence-corrected chi connectivity index (χ1v) is 9.34. The second-order valence-corrected chi connectivity index (χ2v) is 7.11. The van der Waals surface area contributed by atoms with Gasteiger partial charge in [0.1, 0.15) is 0 Å². The summed E-state index contributed by atoms with van der Waals surface area (Å²) in [5.41, 5.74) is 0.847. The summed E-state index contributed by atoms with van der Waals surface area (Å²) in [6.07, 6.45) is -3.77. The predicted molar refractivity (Wildman–Crippen MR) is 105 cm³/mol. The van der Waals surface area contributed by atoms with E-state index in [0.29, 0.717) is 23.6 Å². The molecule has 0 spiro atoms. The number of fused-ring (bicyclic) bond motifs is 3. The number of imidazole rings is 1. The Balaban J connectivity index is 1.62. The van der Waals surface area contributed by atoms with Crippen molar-refractivity contribution in [2.75, 3.05) is 11.4 Å². The van der Waals surface area contributed by atoms with Gasteiger partial charge in [-0.15, -0.1) is 0 Å². The molecule has 4 aromatic rings. The second-order valence-electron chi connectivity index (χ2n) is 7.11. The van der Waals surface area contributed by atoms with E-state index in [-0.39, 0.29) is 12.2 Å². The van der Waals surface area contributed by atoms with Crippen LogP contribution in [0.1, 0.15) is 21.6 Å². The van der Waals surface area contributed by atoms with E-state index in [1.807, 2.05) is 22.8 Å². The largest absolute Gasteiger partial charge is 0.434 e. The molecule has 5 rings (SSSR count). The quantitative estimate of drug-likeness (QED) is 0.497. The molecule has 30 heavy (non-hydrogen) atoms. The lowest BCUT2D eigenvalue weighted by atomic mass is 10.1. The van der Waals surface area contributed by atoms with Crippen LogP contribution in [0.3, 0.4) is 0 Å². The minimum Gasteiger partial charge on any atom is -0.308 e. The Morgan fingerprint density at radius 2 is 1.77 bits per heavy atom. The molecule has 1 aliphatic rings. The molecule has 0 fully saturated rings. The molecule has 0 bridgehead atoms. The normalized spacial score (nSPS) is 13.8. The molecule has 0 atom stereocenters. The predicted octanol–water partition coefficient (Wildman–Crippen LogP) is 4.21. The fourth-order valence-corrected chi connectivity index (χ4v) is 3.89. The van der Waals surface area contributed by atoms with Gasteiger partial charge in [-0.25, -0.2) is 9.67 Å². The van der Waals surface area contributed by atoms with Crippen molar-refractivity contribution in [2.24, 2.45) is 0 Å². The zero-order valence-electron chi connectivity index (χ0n) is 15.9. The van der Waals surface area contributed by atoms with E-state index in [1.165, 1.54) is 4.90 Å². The maximum Gasteiger partial charge on any atom is 0.434 e. The number of benzene rings is 2. The van der Waals surface area contributed by atoms with E-state index in [0.717, 1.165) is 16.4 Å². The van der Waals surface area contributed by atoms with Crippen molar-refractivity contribution in [2.45, 2.75) is 19.6 Å². The lowest BCUT2D eigenvalue weighted by Gasteiger charge is -2.17. The number of alkyl halides is 3. The van der Waals surface area contributed by atoms with Gasteiger partial charge in [-0.2, -0.15) is 18.3 Å². The number of hydrogen-bond donors (Lipinski definition) is 0. The number of hydrogen-bond acceptors (Lipinski definition) is 3. The van der Waals surface area contributed by atoms with E-state index >= 15 is 0 Å². The molecule has 1 aliphatic heterocycles. The first-order chi connectivity index (χ1) is 14.4. The number of para-hydroxylation sites is 3. The Labute approximate surface area is 169 Å². The molecule has 152 valence electrons. The van der Waals surface area contributed by atoms with E-state index in [1.54, 1.807) is 37.3 Å². The molecule has 0 saturated carbocycles. The molecule has 0 N–H and O–H groups in total. The number of nitrogens with zero attached hydrogens (tertiary/aromatic N) is 5. The lowest BCUT2D eigenvalue weighted by Crippen LogP contribution is -2.31. The highest BCUT2D eigenvalue weighted by Crippen LogP contribution is 2.36. The van der Waals surface area contributed by atoms with Crippen LogP contribution in [-0.4, -0.2) is 31.8 Å². The van der Waals surface area contributed by atoms with Gasteiger partial charge >= 0.3 is 6.18 Å². The summed E-state index contributed by atoms with van der Waals surface area (Å²) in [5.74, 6) is -0.422. The first-order valence-electron chi connectivity index (χ1n) is 9.34. The van der Waals surface area contributed by atoms with Gasteiger partial charge in [0.05, 0.1) is 28.5 Å². The molecule has 2 aromatic carbocycles. The Kier molecular flexibility index (Phi) is 3.96. The van der Waals surface area contributed by atoms with Gasteiger partial charge in [0.25, 0.3) is 5.91 Å². The molecule has 2 aromatic heterocycles. The van der Waals surface area contributed by atoms with Crippen LogP contribution in [0.5, 0.6) is 0 Å². The molecule has 9 heteroatoms. The number of carbonyl (C=O) groups excluding carboxylic acids is 1. The topological polar surface area (TPSA) is 56.0 Å². The first kappa shape index (κ1) is 18.4. The van der Waals surface area contributed by atoms with Gasteiger partial charge < -0.3 is 4.57 Å². The molecular weight excluding hydrogens is 395 g/mol. The van der Waals surface area contributed by atoms with Crippen molar-refractivity contribution in [1.29, 1.82) is 0 Å². The summed E-state index contributed by atoms with van der Waals surface area (Å²) in [6, 6.07) is 14.0. The van der Waals surface area contributed by atoms with Crippen molar-refractivity contribution in [1.82, 2.24) is 19.3 Å². The minimum absolute atomic E-state index is 0.249. The summed E-state index contributed by atoms with van der Waals surface area (Å²) in [4.78, 5) is 18.9. The molecule has 0 saturated heterocycles. The van der Waals surface area contributed by atoms with Crippen molar-refractivity contribution < 1.29 is 18.0 Å². The average molecular weight is 411 g/mol.